The summed E-state index contributed by atoms with van der Waals surface area (Å²) in [6, 6.07) is 4.47. The highest BCUT2D eigenvalue weighted by atomic mass is 79.9. The summed E-state index contributed by atoms with van der Waals surface area (Å²) in [5, 5.41) is 9.06. The second-order valence-electron chi connectivity index (χ2n) is 3.85. The van der Waals surface area contributed by atoms with Crippen LogP contribution in [0.2, 0.25) is 0 Å². The maximum atomic E-state index is 13.0. The van der Waals surface area contributed by atoms with E-state index in [1.165, 1.54) is 12.1 Å². The molecule has 0 aliphatic heterocycles. The lowest BCUT2D eigenvalue weighted by Crippen LogP contribution is -2.27. The van der Waals surface area contributed by atoms with Gasteiger partial charge in [0, 0.05) is 0 Å². The molecule has 1 atom stereocenters. The molecule has 0 saturated heterocycles. The number of carboxylic acids is 1. The fourth-order valence-corrected chi connectivity index (χ4v) is 1.73. The van der Waals surface area contributed by atoms with Crippen molar-refractivity contribution < 1.29 is 14.3 Å². The number of hydrogen-bond acceptors (Lipinski definition) is 1. The van der Waals surface area contributed by atoms with Crippen LogP contribution in [0.5, 0.6) is 0 Å². The Hall–Kier alpha value is -1.16. The molecule has 16 heavy (non-hydrogen) atoms. The molecule has 0 amide bonds. The number of hydrogen-bond donors (Lipinski definition) is 1. The van der Waals surface area contributed by atoms with Crippen molar-refractivity contribution in [2.45, 2.75) is 13.3 Å². The Labute approximate surface area is 102 Å². The van der Waals surface area contributed by atoms with Gasteiger partial charge in [0.1, 0.15) is 5.82 Å². The Morgan fingerprint density at radius 2 is 2.31 bits per heavy atom. The van der Waals surface area contributed by atoms with E-state index in [2.05, 4.69) is 22.5 Å². The second-order valence-corrected chi connectivity index (χ2v) is 4.71. The normalized spacial score (nSPS) is 14.2. The smallest absolute Gasteiger partial charge is 0.313 e. The predicted molar refractivity (Wildman–Crippen MR) is 63.7 cm³/mol. The Morgan fingerprint density at radius 3 is 2.75 bits per heavy atom. The molecule has 86 valence electrons. The number of halogens is 2. The highest BCUT2D eigenvalue weighted by Crippen LogP contribution is 2.26. The van der Waals surface area contributed by atoms with E-state index in [0.717, 1.165) is 5.56 Å². The van der Waals surface area contributed by atoms with Gasteiger partial charge in [-0.25, -0.2) is 4.39 Å². The van der Waals surface area contributed by atoms with Crippen LogP contribution in [0.4, 0.5) is 4.39 Å². The molecule has 0 bridgehead atoms. The van der Waals surface area contributed by atoms with Crippen LogP contribution in [0.3, 0.4) is 0 Å². The molecular weight excluding hydrogens is 275 g/mol. The van der Waals surface area contributed by atoms with Gasteiger partial charge in [-0.2, -0.15) is 0 Å². The maximum absolute atomic E-state index is 13.0. The molecule has 0 spiro atoms. The van der Waals surface area contributed by atoms with E-state index in [-0.39, 0.29) is 12.2 Å². The first-order valence-corrected chi connectivity index (χ1v) is 5.49. The molecule has 1 N–H and O–H groups in total. The summed E-state index contributed by atoms with van der Waals surface area (Å²) in [4.78, 5) is 11.1. The van der Waals surface area contributed by atoms with Crippen LogP contribution in [-0.4, -0.2) is 11.1 Å². The molecule has 1 aromatic rings. The van der Waals surface area contributed by atoms with Crippen LogP contribution >= 0.6 is 15.9 Å². The molecule has 0 fully saturated rings. The topological polar surface area (TPSA) is 37.3 Å². The van der Waals surface area contributed by atoms with Gasteiger partial charge in [0.15, 0.2) is 0 Å². The highest BCUT2D eigenvalue weighted by molar-refractivity contribution is 9.10. The van der Waals surface area contributed by atoms with Gasteiger partial charge in [0.25, 0.3) is 0 Å². The minimum atomic E-state index is -1.03. The van der Waals surface area contributed by atoms with E-state index < -0.39 is 11.4 Å². The van der Waals surface area contributed by atoms with Crippen molar-refractivity contribution in [3.05, 3.63) is 46.7 Å². The van der Waals surface area contributed by atoms with Crippen molar-refractivity contribution in [2.24, 2.45) is 5.41 Å². The largest absolute Gasteiger partial charge is 0.481 e. The molecule has 4 heteroatoms. The molecule has 0 aliphatic rings. The SMILES string of the molecule is C=CC(C)(Cc1ccc(F)c(Br)c1)C(=O)O. The van der Waals surface area contributed by atoms with Gasteiger partial charge in [-0.05, 0) is 47.0 Å². The van der Waals surface area contributed by atoms with Gasteiger partial charge >= 0.3 is 5.97 Å². The summed E-state index contributed by atoms with van der Waals surface area (Å²) in [7, 11) is 0. The molecule has 0 aliphatic carbocycles. The molecule has 0 radical (unpaired) electrons. The summed E-state index contributed by atoms with van der Waals surface area (Å²) < 4.78 is 13.3. The van der Waals surface area contributed by atoms with E-state index in [0.29, 0.717) is 4.47 Å². The first-order chi connectivity index (χ1) is 7.39. The quantitative estimate of drug-likeness (QED) is 0.862. The van der Waals surface area contributed by atoms with Crippen molar-refractivity contribution in [3.8, 4) is 0 Å². The van der Waals surface area contributed by atoms with Gasteiger partial charge in [-0.1, -0.05) is 12.1 Å². The van der Waals surface area contributed by atoms with Crippen LogP contribution in [0.15, 0.2) is 35.3 Å². The third kappa shape index (κ3) is 2.70. The fourth-order valence-electron chi connectivity index (χ4n) is 1.31. The molecule has 2 nitrogen and oxygen atoms in total. The lowest BCUT2D eigenvalue weighted by atomic mass is 9.84. The number of carbonyl (C=O) groups is 1. The third-order valence-corrected chi connectivity index (χ3v) is 3.10. The zero-order chi connectivity index (χ0) is 12.3. The van der Waals surface area contributed by atoms with Gasteiger partial charge in [-0.15, -0.1) is 6.58 Å². The van der Waals surface area contributed by atoms with Crippen molar-refractivity contribution >= 4 is 21.9 Å². The predicted octanol–water partition coefficient (Wildman–Crippen LogP) is 3.41. The van der Waals surface area contributed by atoms with E-state index in [9.17, 15) is 9.18 Å². The first-order valence-electron chi connectivity index (χ1n) is 4.70. The first kappa shape index (κ1) is 12.9. The molecule has 1 aromatic carbocycles. The monoisotopic (exact) mass is 286 g/mol. The van der Waals surface area contributed by atoms with Crippen molar-refractivity contribution in [1.82, 2.24) is 0 Å². The lowest BCUT2D eigenvalue weighted by molar-refractivity contribution is -0.145. The Bertz CT molecular complexity index is 431. The number of carboxylic acid groups (broad SMARTS) is 1. The molecule has 1 rings (SSSR count). The molecular formula is C12H12BrFO2. The van der Waals surface area contributed by atoms with Crippen LogP contribution < -0.4 is 0 Å². The average Bonchev–Trinajstić information content (AvgIpc) is 2.23. The summed E-state index contributed by atoms with van der Waals surface area (Å²) >= 11 is 3.06. The summed E-state index contributed by atoms with van der Waals surface area (Å²) in [6.07, 6.45) is 1.68. The highest BCUT2D eigenvalue weighted by Gasteiger charge is 2.29. The third-order valence-electron chi connectivity index (χ3n) is 2.49. The maximum Gasteiger partial charge on any atom is 0.313 e. The van der Waals surface area contributed by atoms with E-state index >= 15 is 0 Å². The Kier molecular flexibility index (Phi) is 3.86. The van der Waals surface area contributed by atoms with Crippen LogP contribution in [0, 0.1) is 11.2 Å². The zero-order valence-corrected chi connectivity index (χ0v) is 10.4. The summed E-state index contributed by atoms with van der Waals surface area (Å²) in [5.74, 6) is -1.30. The van der Waals surface area contributed by atoms with Gasteiger partial charge in [0.2, 0.25) is 0 Å². The number of benzene rings is 1. The summed E-state index contributed by atoms with van der Waals surface area (Å²) in [5.41, 5.74) is -0.282. The standard InChI is InChI=1S/C12H12BrFO2/c1-3-12(2,11(15)16)7-8-4-5-10(14)9(13)6-8/h3-6H,1,7H2,2H3,(H,15,16). The number of aliphatic carboxylic acids is 1. The fraction of sp³-hybridized carbons (Fsp3) is 0.250. The zero-order valence-electron chi connectivity index (χ0n) is 8.84. The molecule has 0 saturated carbocycles. The van der Waals surface area contributed by atoms with Crippen LogP contribution in [-0.2, 0) is 11.2 Å². The van der Waals surface area contributed by atoms with Crippen molar-refractivity contribution in [3.63, 3.8) is 0 Å². The van der Waals surface area contributed by atoms with Gasteiger partial charge in [-0.3, -0.25) is 4.79 Å². The lowest BCUT2D eigenvalue weighted by Gasteiger charge is -2.20. The van der Waals surface area contributed by atoms with Gasteiger partial charge in [0.05, 0.1) is 9.89 Å². The average molecular weight is 287 g/mol. The van der Waals surface area contributed by atoms with E-state index in [4.69, 9.17) is 5.11 Å². The second kappa shape index (κ2) is 4.78. The Morgan fingerprint density at radius 1 is 1.69 bits per heavy atom. The molecule has 0 heterocycles. The van der Waals surface area contributed by atoms with Crippen molar-refractivity contribution in [1.29, 1.82) is 0 Å². The van der Waals surface area contributed by atoms with Gasteiger partial charge < -0.3 is 5.11 Å². The van der Waals surface area contributed by atoms with Crippen LogP contribution in [0.1, 0.15) is 12.5 Å². The summed E-state index contributed by atoms with van der Waals surface area (Å²) in [6.45, 7) is 5.11. The Balaban J connectivity index is 2.99. The minimum absolute atomic E-state index is 0.282. The van der Waals surface area contributed by atoms with E-state index in [1.54, 1.807) is 19.1 Å². The molecule has 0 aromatic heterocycles. The van der Waals surface area contributed by atoms with Crippen molar-refractivity contribution in [2.75, 3.05) is 0 Å². The number of rotatable bonds is 4. The molecule has 1 unspecified atom stereocenters. The minimum Gasteiger partial charge on any atom is -0.481 e. The van der Waals surface area contributed by atoms with E-state index in [1.807, 2.05) is 0 Å². The van der Waals surface area contributed by atoms with Crippen LogP contribution in [0.25, 0.3) is 0 Å².